The minimum Gasteiger partial charge on any atom is -0.0991 e. The van der Waals surface area contributed by atoms with E-state index in [1.807, 2.05) is 12.2 Å². The van der Waals surface area contributed by atoms with E-state index < -0.39 is 0 Å². The van der Waals surface area contributed by atoms with Crippen LogP contribution in [0.3, 0.4) is 0 Å². The zero-order valence-electron chi connectivity index (χ0n) is 5.60. The lowest BCUT2D eigenvalue weighted by atomic mass is 10.4. The van der Waals surface area contributed by atoms with Crippen LogP contribution in [0, 0.1) is 0 Å². The number of halogens is 1. The molecule has 0 radical (unpaired) electrons. The van der Waals surface area contributed by atoms with Crippen molar-refractivity contribution in [3.05, 3.63) is 35.4 Å². The van der Waals surface area contributed by atoms with Crippen LogP contribution in [0.25, 0.3) is 0 Å². The summed E-state index contributed by atoms with van der Waals surface area (Å²) in [6.45, 7) is 5.66. The van der Waals surface area contributed by atoms with Crippen LogP contribution in [0.15, 0.2) is 35.4 Å². The molecule has 0 aliphatic rings. The van der Waals surface area contributed by atoms with E-state index in [9.17, 15) is 0 Å². The van der Waals surface area contributed by atoms with Crippen LogP contribution >= 0.6 is 15.9 Å². The second-order valence-electron chi connectivity index (χ2n) is 1.59. The Morgan fingerprint density at radius 1 is 1.67 bits per heavy atom. The molecule has 0 nitrogen and oxygen atoms in total. The smallest absolute Gasteiger partial charge is 0.0135 e. The van der Waals surface area contributed by atoms with E-state index in [1.54, 1.807) is 6.08 Å². The van der Waals surface area contributed by atoms with Crippen molar-refractivity contribution in [3.63, 3.8) is 0 Å². The molecule has 0 saturated heterocycles. The maximum Gasteiger partial charge on any atom is 0.0135 e. The molecule has 0 spiro atoms. The van der Waals surface area contributed by atoms with Crippen LogP contribution in [0.4, 0.5) is 0 Å². The molecule has 0 saturated carbocycles. The summed E-state index contributed by atoms with van der Waals surface area (Å²) in [5.41, 5.74) is 0. The molecule has 50 valence electrons. The summed E-state index contributed by atoms with van der Waals surface area (Å²) in [5.74, 6) is 0. The van der Waals surface area contributed by atoms with E-state index in [0.717, 1.165) is 10.9 Å². The Hall–Kier alpha value is -0.300. The number of hydrogen-bond donors (Lipinski definition) is 0. The van der Waals surface area contributed by atoms with E-state index in [2.05, 4.69) is 35.5 Å². The van der Waals surface area contributed by atoms with Gasteiger partial charge in [0.05, 0.1) is 0 Å². The third-order valence-corrected chi connectivity index (χ3v) is 1.38. The zero-order valence-corrected chi connectivity index (χ0v) is 7.19. The van der Waals surface area contributed by atoms with Gasteiger partial charge in [0, 0.05) is 4.48 Å². The lowest BCUT2D eigenvalue weighted by Gasteiger charge is -1.83. The van der Waals surface area contributed by atoms with Crippen LogP contribution in [0.1, 0.15) is 13.3 Å². The van der Waals surface area contributed by atoms with Crippen LogP contribution in [-0.4, -0.2) is 0 Å². The average molecular weight is 187 g/mol. The Bertz CT molecular complexity index is 132. The normalized spacial score (nSPS) is 12.4. The van der Waals surface area contributed by atoms with Gasteiger partial charge in [0.2, 0.25) is 0 Å². The predicted molar refractivity (Wildman–Crippen MR) is 46.6 cm³/mol. The summed E-state index contributed by atoms with van der Waals surface area (Å²) >= 11 is 3.37. The maximum atomic E-state index is 3.56. The third-order valence-electron chi connectivity index (χ3n) is 0.791. The van der Waals surface area contributed by atoms with Crippen molar-refractivity contribution >= 4 is 15.9 Å². The van der Waals surface area contributed by atoms with Crippen molar-refractivity contribution in [2.24, 2.45) is 0 Å². The minimum absolute atomic E-state index is 1.06. The molecule has 0 aliphatic heterocycles. The molecule has 0 aromatic rings. The van der Waals surface area contributed by atoms with Gasteiger partial charge in [-0.2, -0.15) is 0 Å². The van der Waals surface area contributed by atoms with E-state index in [1.165, 1.54) is 0 Å². The summed E-state index contributed by atoms with van der Waals surface area (Å²) in [7, 11) is 0. The molecular weight excluding hydrogens is 176 g/mol. The minimum atomic E-state index is 1.06. The van der Waals surface area contributed by atoms with E-state index >= 15 is 0 Å². The lowest BCUT2D eigenvalue weighted by Crippen LogP contribution is -1.59. The summed E-state index contributed by atoms with van der Waals surface area (Å²) in [4.78, 5) is 0. The molecule has 0 aromatic heterocycles. The van der Waals surface area contributed by atoms with E-state index in [4.69, 9.17) is 0 Å². The number of rotatable bonds is 3. The van der Waals surface area contributed by atoms with Crippen LogP contribution in [0.2, 0.25) is 0 Å². The van der Waals surface area contributed by atoms with Gasteiger partial charge in [0.25, 0.3) is 0 Å². The van der Waals surface area contributed by atoms with Gasteiger partial charge in [-0.1, -0.05) is 47.7 Å². The summed E-state index contributed by atoms with van der Waals surface area (Å²) in [5, 5.41) is 0. The first-order chi connectivity index (χ1) is 4.31. The van der Waals surface area contributed by atoms with Gasteiger partial charge in [-0.3, -0.25) is 0 Å². The topological polar surface area (TPSA) is 0 Å². The Kier molecular flexibility index (Phi) is 5.64. The van der Waals surface area contributed by atoms with E-state index in [-0.39, 0.29) is 0 Å². The Balaban J connectivity index is 3.74. The summed E-state index contributed by atoms with van der Waals surface area (Å²) in [6.07, 6.45) is 8.78. The average Bonchev–Trinajstić information content (AvgIpc) is 1.85. The largest absolute Gasteiger partial charge is 0.0991 e. The molecule has 1 heteroatoms. The lowest BCUT2D eigenvalue weighted by molar-refractivity contribution is 1.22. The van der Waals surface area contributed by atoms with Gasteiger partial charge in [0.15, 0.2) is 0 Å². The quantitative estimate of drug-likeness (QED) is 0.594. The molecule has 0 rings (SSSR count). The zero-order chi connectivity index (χ0) is 7.11. The number of hydrogen-bond acceptors (Lipinski definition) is 0. The molecule has 0 fully saturated rings. The van der Waals surface area contributed by atoms with Crippen molar-refractivity contribution in [2.75, 3.05) is 0 Å². The Morgan fingerprint density at radius 3 is 2.78 bits per heavy atom. The SMILES string of the molecule is C=C/C=C\C(Br)=C\CC. The van der Waals surface area contributed by atoms with Gasteiger partial charge >= 0.3 is 0 Å². The van der Waals surface area contributed by atoms with Gasteiger partial charge in [-0.25, -0.2) is 0 Å². The molecule has 0 aromatic carbocycles. The van der Waals surface area contributed by atoms with Crippen LogP contribution in [0.5, 0.6) is 0 Å². The first-order valence-corrected chi connectivity index (χ1v) is 3.75. The number of allylic oxidation sites excluding steroid dienone is 5. The summed E-state index contributed by atoms with van der Waals surface area (Å²) < 4.78 is 1.12. The Morgan fingerprint density at radius 2 is 2.33 bits per heavy atom. The molecule has 9 heavy (non-hydrogen) atoms. The van der Waals surface area contributed by atoms with Gasteiger partial charge in [-0.15, -0.1) is 0 Å². The van der Waals surface area contributed by atoms with Gasteiger partial charge in [0.1, 0.15) is 0 Å². The van der Waals surface area contributed by atoms with Crippen molar-refractivity contribution in [1.82, 2.24) is 0 Å². The highest BCUT2D eigenvalue weighted by Crippen LogP contribution is 2.06. The molecule has 0 amide bonds. The maximum absolute atomic E-state index is 3.56. The highest BCUT2D eigenvalue weighted by molar-refractivity contribution is 9.11. The first kappa shape index (κ1) is 8.70. The predicted octanol–water partition coefficient (Wildman–Crippen LogP) is 3.42. The fourth-order valence-electron chi connectivity index (χ4n) is 0.423. The van der Waals surface area contributed by atoms with Crippen LogP contribution < -0.4 is 0 Å². The highest BCUT2D eigenvalue weighted by atomic mass is 79.9. The monoisotopic (exact) mass is 186 g/mol. The highest BCUT2D eigenvalue weighted by Gasteiger charge is 1.77. The van der Waals surface area contributed by atoms with Crippen molar-refractivity contribution in [1.29, 1.82) is 0 Å². The first-order valence-electron chi connectivity index (χ1n) is 2.96. The molecule has 0 unspecified atom stereocenters. The van der Waals surface area contributed by atoms with Crippen molar-refractivity contribution in [3.8, 4) is 0 Å². The fourth-order valence-corrected chi connectivity index (χ4v) is 0.899. The molecule has 0 atom stereocenters. The Labute approximate surface area is 65.1 Å². The fraction of sp³-hybridized carbons (Fsp3) is 0.250. The summed E-state index contributed by atoms with van der Waals surface area (Å²) in [6, 6.07) is 0. The second-order valence-corrected chi connectivity index (χ2v) is 2.51. The third kappa shape index (κ3) is 5.57. The van der Waals surface area contributed by atoms with Crippen LogP contribution in [-0.2, 0) is 0 Å². The molecule has 0 aliphatic carbocycles. The van der Waals surface area contributed by atoms with Crippen molar-refractivity contribution in [2.45, 2.75) is 13.3 Å². The van der Waals surface area contributed by atoms with Crippen molar-refractivity contribution < 1.29 is 0 Å². The van der Waals surface area contributed by atoms with Gasteiger partial charge in [-0.05, 0) is 12.5 Å². The molecular formula is C8H11Br. The molecule has 0 N–H and O–H groups in total. The van der Waals surface area contributed by atoms with Gasteiger partial charge < -0.3 is 0 Å². The standard InChI is InChI=1S/C8H11Br/c1-3-5-7-8(9)6-4-2/h3,5-7H,1,4H2,2H3/b7-5-,8-6-. The van der Waals surface area contributed by atoms with E-state index in [0.29, 0.717) is 0 Å². The molecule has 0 bridgehead atoms. The molecule has 0 heterocycles. The second kappa shape index (κ2) is 5.83.